The van der Waals surface area contributed by atoms with Gasteiger partial charge in [-0.3, -0.25) is 4.79 Å². The summed E-state index contributed by atoms with van der Waals surface area (Å²) < 4.78 is 0. The Labute approximate surface area is 105 Å². The Bertz CT molecular complexity index is 383. The monoisotopic (exact) mass is 232 g/mol. The van der Waals surface area contributed by atoms with Gasteiger partial charge in [0.2, 0.25) is 0 Å². The quantitative estimate of drug-likeness (QED) is 0.698. The van der Waals surface area contributed by atoms with Crippen LogP contribution in [0.15, 0.2) is 24.3 Å². The van der Waals surface area contributed by atoms with E-state index in [1.807, 2.05) is 18.2 Å². The van der Waals surface area contributed by atoms with E-state index in [0.29, 0.717) is 12.3 Å². The van der Waals surface area contributed by atoms with Gasteiger partial charge >= 0.3 is 0 Å². The van der Waals surface area contributed by atoms with E-state index in [9.17, 15) is 4.79 Å². The number of ketones is 1. The van der Waals surface area contributed by atoms with Crippen LogP contribution in [0.3, 0.4) is 0 Å². The fourth-order valence-electron chi connectivity index (χ4n) is 1.99. The van der Waals surface area contributed by atoms with Crippen LogP contribution in [0.2, 0.25) is 0 Å². The van der Waals surface area contributed by atoms with Crippen LogP contribution in [-0.4, -0.2) is 5.78 Å². The number of hydrogen-bond acceptors (Lipinski definition) is 1. The number of carbonyl (C=O) groups is 1. The van der Waals surface area contributed by atoms with E-state index >= 15 is 0 Å². The minimum atomic E-state index is 0.0576. The SMILES string of the molecule is CC(C)Cc1ccccc1C(=O)CC(C)(C)C. The second-order valence-electron chi connectivity index (χ2n) is 6.42. The minimum absolute atomic E-state index is 0.0576. The third kappa shape index (κ3) is 4.72. The first kappa shape index (κ1) is 14.0. The highest BCUT2D eigenvalue weighted by Crippen LogP contribution is 2.24. The summed E-state index contributed by atoms with van der Waals surface area (Å²) in [7, 11) is 0. The summed E-state index contributed by atoms with van der Waals surface area (Å²) in [5, 5.41) is 0. The minimum Gasteiger partial charge on any atom is -0.294 e. The van der Waals surface area contributed by atoms with Crippen LogP contribution in [0, 0.1) is 11.3 Å². The first-order valence-electron chi connectivity index (χ1n) is 6.41. The van der Waals surface area contributed by atoms with Crippen molar-refractivity contribution in [3.05, 3.63) is 35.4 Å². The molecule has 1 nitrogen and oxygen atoms in total. The van der Waals surface area contributed by atoms with Gasteiger partial charge in [-0.15, -0.1) is 0 Å². The third-order valence-corrected chi connectivity index (χ3v) is 2.64. The Morgan fingerprint density at radius 3 is 2.29 bits per heavy atom. The molecule has 1 aromatic carbocycles. The second kappa shape index (κ2) is 5.48. The zero-order chi connectivity index (χ0) is 13.1. The van der Waals surface area contributed by atoms with Gasteiger partial charge in [-0.1, -0.05) is 58.9 Å². The topological polar surface area (TPSA) is 17.1 Å². The Hall–Kier alpha value is -1.11. The van der Waals surface area contributed by atoms with E-state index in [4.69, 9.17) is 0 Å². The van der Waals surface area contributed by atoms with E-state index < -0.39 is 0 Å². The van der Waals surface area contributed by atoms with Crippen LogP contribution in [0.1, 0.15) is 57.0 Å². The molecule has 1 heteroatoms. The molecule has 1 aromatic rings. The Morgan fingerprint density at radius 1 is 1.18 bits per heavy atom. The lowest BCUT2D eigenvalue weighted by Crippen LogP contribution is -2.15. The predicted molar refractivity (Wildman–Crippen MR) is 73.4 cm³/mol. The van der Waals surface area contributed by atoms with Crippen molar-refractivity contribution < 1.29 is 4.79 Å². The van der Waals surface area contributed by atoms with E-state index in [1.165, 1.54) is 5.56 Å². The molecule has 94 valence electrons. The molecule has 0 aliphatic rings. The average molecular weight is 232 g/mol. The molecule has 0 amide bonds. The average Bonchev–Trinajstić information content (AvgIpc) is 2.14. The molecule has 0 spiro atoms. The van der Waals surface area contributed by atoms with Gasteiger partial charge in [-0.05, 0) is 23.3 Å². The van der Waals surface area contributed by atoms with E-state index in [1.54, 1.807) is 0 Å². The van der Waals surface area contributed by atoms with Crippen molar-refractivity contribution >= 4 is 5.78 Å². The lowest BCUT2D eigenvalue weighted by molar-refractivity contribution is 0.0939. The zero-order valence-corrected chi connectivity index (χ0v) is 11.7. The molecule has 0 aliphatic heterocycles. The van der Waals surface area contributed by atoms with Crippen molar-refractivity contribution in [2.45, 2.75) is 47.5 Å². The fraction of sp³-hybridized carbons (Fsp3) is 0.562. The van der Waals surface area contributed by atoms with Crippen molar-refractivity contribution in [3.8, 4) is 0 Å². The fourth-order valence-corrected chi connectivity index (χ4v) is 1.99. The number of benzene rings is 1. The number of rotatable bonds is 4. The Kier molecular flexibility index (Phi) is 4.50. The number of Topliss-reactive ketones (excluding diaryl/α,β-unsaturated/α-hetero) is 1. The first-order chi connectivity index (χ1) is 7.79. The van der Waals surface area contributed by atoms with Gasteiger partial charge in [0.15, 0.2) is 5.78 Å². The van der Waals surface area contributed by atoms with Crippen LogP contribution in [-0.2, 0) is 6.42 Å². The number of carbonyl (C=O) groups excluding carboxylic acids is 1. The normalized spacial score (nSPS) is 11.9. The molecule has 0 aromatic heterocycles. The van der Waals surface area contributed by atoms with Gasteiger partial charge in [0, 0.05) is 12.0 Å². The standard InChI is InChI=1S/C16H24O/c1-12(2)10-13-8-6-7-9-14(13)15(17)11-16(3,4)5/h6-9,12H,10-11H2,1-5H3. The molecule has 17 heavy (non-hydrogen) atoms. The summed E-state index contributed by atoms with van der Waals surface area (Å²) in [6.45, 7) is 10.7. The zero-order valence-electron chi connectivity index (χ0n) is 11.7. The summed E-state index contributed by atoms with van der Waals surface area (Å²) in [6, 6.07) is 8.02. The summed E-state index contributed by atoms with van der Waals surface area (Å²) >= 11 is 0. The summed E-state index contributed by atoms with van der Waals surface area (Å²) in [6.07, 6.45) is 1.59. The highest BCUT2D eigenvalue weighted by molar-refractivity contribution is 5.97. The van der Waals surface area contributed by atoms with Crippen molar-refractivity contribution in [2.24, 2.45) is 11.3 Å². The van der Waals surface area contributed by atoms with Crippen LogP contribution >= 0.6 is 0 Å². The van der Waals surface area contributed by atoms with E-state index in [0.717, 1.165) is 12.0 Å². The first-order valence-corrected chi connectivity index (χ1v) is 6.41. The summed E-state index contributed by atoms with van der Waals surface area (Å²) in [5.74, 6) is 0.854. The third-order valence-electron chi connectivity index (χ3n) is 2.64. The van der Waals surface area contributed by atoms with Crippen LogP contribution in [0.5, 0.6) is 0 Å². The van der Waals surface area contributed by atoms with Gasteiger partial charge in [-0.25, -0.2) is 0 Å². The van der Waals surface area contributed by atoms with Gasteiger partial charge in [0.25, 0.3) is 0 Å². The second-order valence-corrected chi connectivity index (χ2v) is 6.42. The maximum atomic E-state index is 12.3. The summed E-state index contributed by atoms with van der Waals surface area (Å²) in [4.78, 5) is 12.3. The molecular formula is C16H24O. The highest BCUT2D eigenvalue weighted by Gasteiger charge is 2.19. The van der Waals surface area contributed by atoms with E-state index in [-0.39, 0.29) is 11.2 Å². The molecule has 0 N–H and O–H groups in total. The van der Waals surface area contributed by atoms with Gasteiger partial charge < -0.3 is 0 Å². The molecule has 0 radical (unpaired) electrons. The van der Waals surface area contributed by atoms with Crippen LogP contribution in [0.4, 0.5) is 0 Å². The molecule has 1 rings (SSSR count). The number of hydrogen-bond donors (Lipinski definition) is 0. The van der Waals surface area contributed by atoms with Crippen LogP contribution < -0.4 is 0 Å². The molecule has 0 aliphatic carbocycles. The maximum Gasteiger partial charge on any atom is 0.163 e. The molecule has 0 fully saturated rings. The van der Waals surface area contributed by atoms with Crippen molar-refractivity contribution in [1.29, 1.82) is 0 Å². The molecule has 0 saturated carbocycles. The molecule has 0 heterocycles. The molecule has 0 bridgehead atoms. The predicted octanol–water partition coefficient (Wildman–Crippen LogP) is 4.50. The van der Waals surface area contributed by atoms with Crippen molar-refractivity contribution in [1.82, 2.24) is 0 Å². The Balaban J connectivity index is 2.93. The van der Waals surface area contributed by atoms with Gasteiger partial charge in [0.1, 0.15) is 0 Å². The smallest absolute Gasteiger partial charge is 0.163 e. The highest BCUT2D eigenvalue weighted by atomic mass is 16.1. The van der Waals surface area contributed by atoms with Crippen molar-refractivity contribution in [2.75, 3.05) is 0 Å². The molecule has 0 atom stereocenters. The molecule has 0 saturated heterocycles. The summed E-state index contributed by atoms with van der Waals surface area (Å²) in [5.41, 5.74) is 2.16. The largest absolute Gasteiger partial charge is 0.294 e. The van der Waals surface area contributed by atoms with Gasteiger partial charge in [0.05, 0.1) is 0 Å². The lowest BCUT2D eigenvalue weighted by Gasteiger charge is -2.18. The van der Waals surface area contributed by atoms with Gasteiger partial charge in [-0.2, -0.15) is 0 Å². The van der Waals surface area contributed by atoms with Crippen molar-refractivity contribution in [3.63, 3.8) is 0 Å². The van der Waals surface area contributed by atoms with Crippen LogP contribution in [0.25, 0.3) is 0 Å². The van der Waals surface area contributed by atoms with E-state index in [2.05, 4.69) is 40.7 Å². The molecule has 0 unspecified atom stereocenters. The molecular weight excluding hydrogens is 208 g/mol. The Morgan fingerprint density at radius 2 is 1.76 bits per heavy atom. The lowest BCUT2D eigenvalue weighted by atomic mass is 9.85. The maximum absolute atomic E-state index is 12.3.